The molecule has 0 aliphatic rings. The zero-order chi connectivity index (χ0) is 44.7. The Labute approximate surface area is 396 Å². The van der Waals surface area contributed by atoms with Crippen LogP contribution in [0, 0.1) is 0 Å². The molecule has 4 heteroatoms. The van der Waals surface area contributed by atoms with E-state index in [2.05, 4.69) is 240 Å². The Bertz CT molecular complexity index is 4200. The smallest absolute Gasteiger partial charge is 0.143 e. The fraction of sp³-hybridized carbons (Fsp3) is 0. The summed E-state index contributed by atoms with van der Waals surface area (Å²) < 4.78 is 11.4. The van der Waals surface area contributed by atoms with Crippen LogP contribution >= 0.6 is 11.3 Å². The highest BCUT2D eigenvalue weighted by Gasteiger charge is 2.22. The highest BCUT2D eigenvalue weighted by molar-refractivity contribution is 7.26. The van der Waals surface area contributed by atoms with Crippen LogP contribution in [0.3, 0.4) is 0 Å². The number of furan rings is 1. The van der Waals surface area contributed by atoms with Crippen LogP contribution in [0.15, 0.2) is 247 Å². The number of thiophene rings is 1. The summed E-state index contributed by atoms with van der Waals surface area (Å²) >= 11 is 1.87. The first-order valence-electron chi connectivity index (χ1n) is 23.2. The van der Waals surface area contributed by atoms with Gasteiger partial charge in [0.2, 0.25) is 0 Å². The van der Waals surface area contributed by atoms with Crippen molar-refractivity contribution < 1.29 is 4.42 Å². The second-order valence-corrected chi connectivity index (χ2v) is 18.7. The molecule has 11 aromatic carbocycles. The molecular formula is C64H40N2OS. The maximum absolute atomic E-state index is 6.50. The predicted molar refractivity (Wildman–Crippen MR) is 289 cm³/mol. The molecule has 68 heavy (non-hydrogen) atoms. The molecule has 14 rings (SSSR count). The molecule has 0 radical (unpaired) electrons. The van der Waals surface area contributed by atoms with Gasteiger partial charge in [-0.2, -0.15) is 0 Å². The van der Waals surface area contributed by atoms with Crippen LogP contribution in [0.5, 0.6) is 0 Å². The minimum Gasteiger partial charge on any atom is -0.455 e. The molecule has 3 nitrogen and oxygen atoms in total. The molecule has 318 valence electrons. The number of rotatable bonds is 7. The number of fused-ring (bicyclic) bond motifs is 10. The zero-order valence-corrected chi connectivity index (χ0v) is 37.6. The number of anilines is 3. The summed E-state index contributed by atoms with van der Waals surface area (Å²) in [5, 5.41) is 9.76. The lowest BCUT2D eigenvalue weighted by Crippen LogP contribution is -2.10. The average molecular weight is 885 g/mol. The maximum atomic E-state index is 6.50. The van der Waals surface area contributed by atoms with Gasteiger partial charge in [0.15, 0.2) is 0 Å². The molecule has 0 bridgehead atoms. The summed E-state index contributed by atoms with van der Waals surface area (Å²) in [5.74, 6) is 0. The van der Waals surface area contributed by atoms with Gasteiger partial charge in [-0.15, -0.1) is 11.3 Å². The Hall–Kier alpha value is -8.70. The highest BCUT2D eigenvalue weighted by Crippen LogP contribution is 2.49. The molecule has 0 fully saturated rings. The molecule has 0 spiro atoms. The van der Waals surface area contributed by atoms with Gasteiger partial charge in [0, 0.05) is 64.3 Å². The SMILES string of the molecule is c1ccc2cc(-c3ccc(N(c4ccc(-c5cccc6c5oc5ccccc56)cc4)c4ccc(-c5ccc(-n6c7ccccc7c7ccccc76)cc5)c5sc6ccccc6c45)cc3)ccc2c1. The molecular weight excluding hydrogens is 845 g/mol. The molecule has 0 aliphatic carbocycles. The fourth-order valence-electron chi connectivity index (χ4n) is 10.6. The van der Waals surface area contributed by atoms with E-state index in [9.17, 15) is 0 Å². The number of hydrogen-bond donors (Lipinski definition) is 0. The van der Waals surface area contributed by atoms with E-state index >= 15 is 0 Å². The number of benzene rings is 11. The molecule has 0 amide bonds. The Morgan fingerprint density at radius 1 is 0.382 bits per heavy atom. The van der Waals surface area contributed by atoms with Gasteiger partial charge in [-0.05, 0) is 111 Å². The zero-order valence-electron chi connectivity index (χ0n) is 36.8. The molecule has 14 aromatic rings. The summed E-state index contributed by atoms with van der Waals surface area (Å²) in [6.45, 7) is 0. The molecule has 0 aliphatic heterocycles. The van der Waals surface area contributed by atoms with Crippen LogP contribution in [0.1, 0.15) is 0 Å². The van der Waals surface area contributed by atoms with Gasteiger partial charge in [0.05, 0.1) is 16.7 Å². The van der Waals surface area contributed by atoms with Crippen LogP contribution < -0.4 is 4.90 Å². The number of para-hydroxylation sites is 4. The molecule has 3 heterocycles. The van der Waals surface area contributed by atoms with Gasteiger partial charge in [-0.1, -0.05) is 170 Å². The largest absolute Gasteiger partial charge is 0.455 e. The first kappa shape index (κ1) is 38.6. The van der Waals surface area contributed by atoms with E-state index in [0.717, 1.165) is 55.8 Å². The fourth-order valence-corrected chi connectivity index (χ4v) is 11.8. The molecule has 0 saturated carbocycles. The second-order valence-electron chi connectivity index (χ2n) is 17.6. The average Bonchev–Trinajstić information content (AvgIpc) is 4.10. The molecule has 3 aromatic heterocycles. The number of aromatic nitrogens is 1. The summed E-state index contributed by atoms with van der Waals surface area (Å²) in [6, 6.07) is 88.2. The Morgan fingerprint density at radius 2 is 0.956 bits per heavy atom. The summed E-state index contributed by atoms with van der Waals surface area (Å²) in [5.41, 5.74) is 15.6. The van der Waals surface area contributed by atoms with Crippen LogP contribution in [-0.4, -0.2) is 4.57 Å². The monoisotopic (exact) mass is 884 g/mol. The summed E-state index contributed by atoms with van der Waals surface area (Å²) in [4.78, 5) is 2.44. The highest BCUT2D eigenvalue weighted by atomic mass is 32.1. The molecule has 0 unspecified atom stereocenters. The van der Waals surface area contributed by atoms with Crippen LogP contribution in [-0.2, 0) is 0 Å². The van der Waals surface area contributed by atoms with Gasteiger partial charge >= 0.3 is 0 Å². The molecule has 0 saturated heterocycles. The van der Waals surface area contributed by atoms with Crippen molar-refractivity contribution in [2.45, 2.75) is 0 Å². The van der Waals surface area contributed by atoms with Gasteiger partial charge < -0.3 is 13.9 Å². The lowest BCUT2D eigenvalue weighted by molar-refractivity contribution is 0.670. The second kappa shape index (κ2) is 15.5. The topological polar surface area (TPSA) is 21.3 Å². The van der Waals surface area contributed by atoms with Crippen molar-refractivity contribution in [1.29, 1.82) is 0 Å². The Morgan fingerprint density at radius 3 is 1.71 bits per heavy atom. The number of nitrogens with zero attached hydrogens (tertiary/aromatic N) is 2. The minimum atomic E-state index is 0.902. The first-order valence-corrected chi connectivity index (χ1v) is 24.0. The van der Waals surface area contributed by atoms with Crippen molar-refractivity contribution in [2.75, 3.05) is 4.90 Å². The van der Waals surface area contributed by atoms with E-state index in [1.54, 1.807) is 0 Å². The van der Waals surface area contributed by atoms with Gasteiger partial charge in [0.25, 0.3) is 0 Å². The van der Waals surface area contributed by atoms with Crippen molar-refractivity contribution >= 4 is 103 Å². The van der Waals surface area contributed by atoms with Crippen LogP contribution in [0.25, 0.3) is 114 Å². The lowest BCUT2D eigenvalue weighted by Gasteiger charge is -2.27. The van der Waals surface area contributed by atoms with Crippen LogP contribution in [0.2, 0.25) is 0 Å². The third-order valence-corrected chi connectivity index (χ3v) is 15.0. The lowest BCUT2D eigenvalue weighted by atomic mass is 9.98. The van der Waals surface area contributed by atoms with Gasteiger partial charge in [0.1, 0.15) is 11.2 Å². The predicted octanol–water partition coefficient (Wildman–Crippen LogP) is 18.7. The van der Waals surface area contributed by atoms with Crippen molar-refractivity contribution in [3.05, 3.63) is 243 Å². The minimum absolute atomic E-state index is 0.902. The first-order chi connectivity index (χ1) is 33.7. The van der Waals surface area contributed by atoms with Crippen molar-refractivity contribution in [2.24, 2.45) is 0 Å². The van der Waals surface area contributed by atoms with Gasteiger partial charge in [-0.3, -0.25) is 0 Å². The van der Waals surface area contributed by atoms with E-state index in [4.69, 9.17) is 4.42 Å². The third kappa shape index (κ3) is 6.12. The van der Waals surface area contributed by atoms with Crippen LogP contribution in [0.4, 0.5) is 17.1 Å². The molecule has 0 N–H and O–H groups in total. The third-order valence-electron chi connectivity index (χ3n) is 13.8. The van der Waals surface area contributed by atoms with Crippen molar-refractivity contribution in [1.82, 2.24) is 4.57 Å². The standard InChI is InChI=1S/C64H40N2OS/c1-2-13-45-40-46(25-24-41(45)12-1)42-26-32-47(33-27-42)65(48-34-28-43(29-35-48)50-18-11-19-55-54-16-5-9-22-60(54)67-63(50)55)59-39-38-51(64-62(59)56-17-6-10-23-61(56)68-64)44-30-36-49(37-31-44)66-57-20-7-3-14-52(57)53-15-4-8-21-58(53)66/h1-40H. The Kier molecular flexibility index (Phi) is 8.76. The number of hydrogen-bond acceptors (Lipinski definition) is 3. The van der Waals surface area contributed by atoms with Crippen molar-refractivity contribution in [3.8, 4) is 39.1 Å². The van der Waals surface area contributed by atoms with E-state index < -0.39 is 0 Å². The van der Waals surface area contributed by atoms with Gasteiger partial charge in [-0.25, -0.2) is 0 Å². The Balaban J connectivity index is 0.920. The maximum Gasteiger partial charge on any atom is 0.143 e. The quantitative estimate of drug-likeness (QED) is 0.159. The van der Waals surface area contributed by atoms with E-state index in [0.29, 0.717) is 0 Å². The summed E-state index contributed by atoms with van der Waals surface area (Å²) in [7, 11) is 0. The summed E-state index contributed by atoms with van der Waals surface area (Å²) in [6.07, 6.45) is 0. The van der Waals surface area contributed by atoms with Crippen molar-refractivity contribution in [3.63, 3.8) is 0 Å². The van der Waals surface area contributed by atoms with E-state index in [1.807, 2.05) is 23.5 Å². The van der Waals surface area contributed by atoms with E-state index in [-0.39, 0.29) is 0 Å². The molecule has 0 atom stereocenters. The van der Waals surface area contributed by atoms with E-state index in [1.165, 1.54) is 75.0 Å². The normalized spacial score (nSPS) is 11.8.